The van der Waals surface area contributed by atoms with Crippen LogP contribution in [0.15, 0.2) is 18.2 Å². The molecule has 0 bridgehead atoms. The van der Waals surface area contributed by atoms with Crippen LogP contribution in [0.1, 0.15) is 5.56 Å². The number of nitrogens with zero attached hydrogens (tertiary/aromatic N) is 1. The standard InChI is InChI=1S/C12H15F4NO/c1-17(8-12(14,15)16)6-5-9-3-4-11(18-2)10(13)7-9/h3-4,7H,5-6,8H2,1-2H3. The number of methoxy groups -OCH3 is 1. The van der Waals surface area contributed by atoms with Crippen LogP contribution in [0.4, 0.5) is 17.6 Å². The predicted octanol–water partition coefficient (Wildman–Crippen LogP) is 2.87. The van der Waals surface area contributed by atoms with Crippen LogP contribution in [0.5, 0.6) is 5.75 Å². The summed E-state index contributed by atoms with van der Waals surface area (Å²) in [5.74, 6) is -0.379. The molecule has 6 heteroatoms. The van der Waals surface area contributed by atoms with Gasteiger partial charge in [-0.2, -0.15) is 13.2 Å². The highest BCUT2D eigenvalue weighted by molar-refractivity contribution is 5.29. The molecule has 0 aliphatic heterocycles. The van der Waals surface area contributed by atoms with Crippen molar-refractivity contribution in [1.82, 2.24) is 4.90 Å². The van der Waals surface area contributed by atoms with Crippen LogP contribution in [0.2, 0.25) is 0 Å². The monoisotopic (exact) mass is 265 g/mol. The minimum absolute atomic E-state index is 0.127. The van der Waals surface area contributed by atoms with Gasteiger partial charge in [0.1, 0.15) is 0 Å². The van der Waals surface area contributed by atoms with E-state index in [1.807, 2.05) is 0 Å². The number of ether oxygens (including phenoxy) is 1. The van der Waals surface area contributed by atoms with Gasteiger partial charge in [0.15, 0.2) is 11.6 Å². The van der Waals surface area contributed by atoms with E-state index >= 15 is 0 Å². The normalized spacial score (nSPS) is 11.9. The molecular formula is C12H15F4NO. The highest BCUT2D eigenvalue weighted by atomic mass is 19.4. The molecule has 0 aliphatic rings. The average Bonchev–Trinajstić information content (AvgIpc) is 2.24. The molecule has 0 radical (unpaired) electrons. The molecule has 0 amide bonds. The smallest absolute Gasteiger partial charge is 0.401 e. The van der Waals surface area contributed by atoms with Gasteiger partial charge in [-0.1, -0.05) is 6.07 Å². The van der Waals surface area contributed by atoms with E-state index in [2.05, 4.69) is 0 Å². The number of alkyl halides is 3. The van der Waals surface area contributed by atoms with Crippen molar-refractivity contribution in [1.29, 1.82) is 0 Å². The largest absolute Gasteiger partial charge is 0.494 e. The molecule has 18 heavy (non-hydrogen) atoms. The summed E-state index contributed by atoms with van der Waals surface area (Å²) >= 11 is 0. The van der Waals surface area contributed by atoms with Crippen LogP contribution in [0, 0.1) is 5.82 Å². The van der Waals surface area contributed by atoms with Gasteiger partial charge in [0.05, 0.1) is 13.7 Å². The number of benzene rings is 1. The van der Waals surface area contributed by atoms with Crippen molar-refractivity contribution in [2.45, 2.75) is 12.6 Å². The predicted molar refractivity (Wildman–Crippen MR) is 60.2 cm³/mol. The maximum Gasteiger partial charge on any atom is 0.401 e. The molecule has 0 aliphatic carbocycles. The second-order valence-corrected chi connectivity index (χ2v) is 4.07. The Morgan fingerprint density at radius 1 is 1.28 bits per heavy atom. The van der Waals surface area contributed by atoms with Crippen LogP contribution >= 0.6 is 0 Å². The van der Waals surface area contributed by atoms with Crippen LogP contribution in [-0.4, -0.2) is 38.3 Å². The second kappa shape index (κ2) is 6.04. The highest BCUT2D eigenvalue weighted by Crippen LogP contribution is 2.19. The number of rotatable bonds is 5. The topological polar surface area (TPSA) is 12.5 Å². The molecule has 0 saturated heterocycles. The SMILES string of the molecule is COc1ccc(CCN(C)CC(F)(F)F)cc1F. The fourth-order valence-corrected chi connectivity index (χ4v) is 1.57. The van der Waals surface area contributed by atoms with Crippen LogP contribution < -0.4 is 4.74 Å². The molecule has 2 nitrogen and oxygen atoms in total. The minimum Gasteiger partial charge on any atom is -0.494 e. The van der Waals surface area contributed by atoms with Crippen LogP contribution in [0.3, 0.4) is 0 Å². The van der Waals surface area contributed by atoms with Crippen molar-refractivity contribution in [2.24, 2.45) is 0 Å². The van der Waals surface area contributed by atoms with Gasteiger partial charge in [0, 0.05) is 6.54 Å². The maximum atomic E-state index is 13.3. The zero-order valence-corrected chi connectivity index (χ0v) is 10.2. The van der Waals surface area contributed by atoms with Crippen molar-refractivity contribution in [3.05, 3.63) is 29.6 Å². The fraction of sp³-hybridized carbons (Fsp3) is 0.500. The zero-order valence-electron chi connectivity index (χ0n) is 10.2. The van der Waals surface area contributed by atoms with E-state index in [0.29, 0.717) is 12.0 Å². The molecule has 0 N–H and O–H groups in total. The summed E-state index contributed by atoms with van der Waals surface area (Å²) in [5.41, 5.74) is 0.641. The van der Waals surface area contributed by atoms with Gasteiger partial charge in [-0.3, -0.25) is 4.90 Å². The van der Waals surface area contributed by atoms with Crippen molar-refractivity contribution in [3.8, 4) is 5.75 Å². The van der Waals surface area contributed by atoms with Crippen LogP contribution in [0.25, 0.3) is 0 Å². The first-order chi connectivity index (χ1) is 8.31. The Hall–Kier alpha value is -1.30. The molecule has 0 fully saturated rings. The van der Waals surface area contributed by atoms with Crippen molar-refractivity contribution in [3.63, 3.8) is 0 Å². The Kier molecular flexibility index (Phi) is 4.95. The molecule has 0 aromatic heterocycles. The van der Waals surface area contributed by atoms with Gasteiger partial charge in [-0.15, -0.1) is 0 Å². The second-order valence-electron chi connectivity index (χ2n) is 4.07. The lowest BCUT2D eigenvalue weighted by molar-refractivity contribution is -0.142. The van der Waals surface area contributed by atoms with Crippen molar-refractivity contribution in [2.75, 3.05) is 27.2 Å². The molecule has 1 rings (SSSR count). The molecule has 0 unspecified atom stereocenters. The highest BCUT2D eigenvalue weighted by Gasteiger charge is 2.28. The Bertz CT molecular complexity index is 392. The molecule has 1 aromatic rings. The maximum absolute atomic E-state index is 13.3. The first-order valence-electron chi connectivity index (χ1n) is 5.39. The van der Waals surface area contributed by atoms with Crippen LogP contribution in [-0.2, 0) is 6.42 Å². The Balaban J connectivity index is 2.51. The third-order valence-electron chi connectivity index (χ3n) is 2.45. The summed E-state index contributed by atoms with van der Waals surface area (Å²) in [5, 5.41) is 0. The summed E-state index contributed by atoms with van der Waals surface area (Å²) in [6.45, 7) is -0.753. The van der Waals surface area contributed by atoms with E-state index in [-0.39, 0.29) is 12.3 Å². The fourth-order valence-electron chi connectivity index (χ4n) is 1.57. The van der Waals surface area contributed by atoms with Gasteiger partial charge >= 0.3 is 6.18 Å². The number of halogens is 4. The minimum atomic E-state index is -4.21. The quantitative estimate of drug-likeness (QED) is 0.759. The number of likely N-dealkylation sites (N-methyl/N-ethyl adjacent to an activating group) is 1. The first-order valence-corrected chi connectivity index (χ1v) is 5.39. The third kappa shape index (κ3) is 4.91. The average molecular weight is 265 g/mol. The summed E-state index contributed by atoms with van der Waals surface area (Å²) in [7, 11) is 2.74. The molecule has 102 valence electrons. The Labute approximate surface area is 103 Å². The summed E-state index contributed by atoms with van der Waals surface area (Å²) in [6, 6.07) is 4.39. The van der Waals surface area contributed by atoms with E-state index in [1.165, 1.54) is 26.3 Å². The summed E-state index contributed by atoms with van der Waals surface area (Å²) in [6.07, 6.45) is -3.85. The Morgan fingerprint density at radius 2 is 1.94 bits per heavy atom. The zero-order chi connectivity index (χ0) is 13.8. The van der Waals surface area contributed by atoms with Gasteiger partial charge < -0.3 is 4.74 Å². The molecular weight excluding hydrogens is 250 g/mol. The van der Waals surface area contributed by atoms with Gasteiger partial charge in [-0.05, 0) is 31.2 Å². The molecule has 0 spiro atoms. The van der Waals surface area contributed by atoms with E-state index in [1.54, 1.807) is 6.07 Å². The molecule has 0 atom stereocenters. The lowest BCUT2D eigenvalue weighted by atomic mass is 10.1. The number of hydrogen-bond acceptors (Lipinski definition) is 2. The van der Waals surface area contributed by atoms with Crippen molar-refractivity contribution < 1.29 is 22.3 Å². The van der Waals surface area contributed by atoms with Gasteiger partial charge in [0.2, 0.25) is 0 Å². The van der Waals surface area contributed by atoms with E-state index in [9.17, 15) is 17.6 Å². The van der Waals surface area contributed by atoms with Gasteiger partial charge in [0.25, 0.3) is 0 Å². The van der Waals surface area contributed by atoms with Gasteiger partial charge in [-0.25, -0.2) is 4.39 Å². The van der Waals surface area contributed by atoms with E-state index in [0.717, 1.165) is 4.90 Å². The molecule has 0 saturated carbocycles. The third-order valence-corrected chi connectivity index (χ3v) is 2.45. The Morgan fingerprint density at radius 3 is 2.44 bits per heavy atom. The number of hydrogen-bond donors (Lipinski definition) is 0. The van der Waals surface area contributed by atoms with Crippen molar-refractivity contribution >= 4 is 0 Å². The summed E-state index contributed by atoms with van der Waals surface area (Å²) in [4.78, 5) is 1.15. The molecule has 0 heterocycles. The lowest BCUT2D eigenvalue weighted by Gasteiger charge is -2.18. The summed E-state index contributed by atoms with van der Waals surface area (Å²) < 4.78 is 54.3. The first kappa shape index (κ1) is 14.8. The van der Waals surface area contributed by atoms with E-state index < -0.39 is 18.5 Å². The van der Waals surface area contributed by atoms with E-state index in [4.69, 9.17) is 4.74 Å². The molecule has 1 aromatic carbocycles. The lowest BCUT2D eigenvalue weighted by Crippen LogP contribution is -2.32.